The Bertz CT molecular complexity index is 4820. The van der Waals surface area contributed by atoms with Gasteiger partial charge in [-0.2, -0.15) is 0 Å². The lowest BCUT2D eigenvalue weighted by Gasteiger charge is -2.17. The van der Waals surface area contributed by atoms with Crippen LogP contribution in [-0.2, 0) is 0 Å². The number of benzene rings is 11. The van der Waals surface area contributed by atoms with E-state index in [0.717, 1.165) is 110 Å². The van der Waals surface area contributed by atoms with Crippen LogP contribution in [-0.4, -0.2) is 19.5 Å². The first-order chi connectivity index (χ1) is 35.7. The first-order valence-electron chi connectivity index (χ1n) is 24.2. The summed E-state index contributed by atoms with van der Waals surface area (Å²) in [5, 5.41) is 13.2. The van der Waals surface area contributed by atoms with E-state index in [9.17, 15) is 0 Å². The average Bonchev–Trinajstić information content (AvgIpc) is 4.21. The highest BCUT2D eigenvalue weighted by molar-refractivity contribution is 6.24. The van der Waals surface area contributed by atoms with E-state index in [2.05, 4.69) is 150 Å². The van der Waals surface area contributed by atoms with Gasteiger partial charge in [0, 0.05) is 65.3 Å². The molecule has 7 nitrogen and oxygen atoms in total. The van der Waals surface area contributed by atoms with Crippen LogP contribution in [0.5, 0.6) is 0 Å². The normalized spacial score (nSPS) is 12.2. The first-order valence-corrected chi connectivity index (χ1v) is 24.2. The Morgan fingerprint density at radius 3 is 1.50 bits per heavy atom. The highest BCUT2D eigenvalue weighted by Crippen LogP contribution is 2.44. The zero-order valence-electron chi connectivity index (χ0n) is 38.3. The Balaban J connectivity index is 1.000. The second-order valence-corrected chi connectivity index (χ2v) is 18.6. The fourth-order valence-corrected chi connectivity index (χ4v) is 11.4. The summed E-state index contributed by atoms with van der Waals surface area (Å²) in [6.45, 7) is 0. The number of furan rings is 3. The lowest BCUT2D eigenvalue weighted by Crippen LogP contribution is -2.02. The van der Waals surface area contributed by atoms with Crippen LogP contribution in [0, 0.1) is 0 Å². The number of aromatic nitrogens is 4. The molecular weight excluding hydrogens is 885 g/mol. The van der Waals surface area contributed by atoms with Gasteiger partial charge in [0.05, 0.1) is 16.7 Å². The third kappa shape index (κ3) is 5.70. The summed E-state index contributed by atoms with van der Waals surface area (Å²) >= 11 is 0. The summed E-state index contributed by atoms with van der Waals surface area (Å²) in [4.78, 5) is 16.2. The molecule has 0 atom stereocenters. The zero-order chi connectivity index (χ0) is 47.0. The van der Waals surface area contributed by atoms with Gasteiger partial charge in [0.15, 0.2) is 17.5 Å². The monoisotopic (exact) mass is 920 g/mol. The summed E-state index contributed by atoms with van der Waals surface area (Å²) in [5.74, 6) is 1.60. The van der Waals surface area contributed by atoms with Crippen LogP contribution in [0.25, 0.3) is 160 Å². The molecule has 0 spiro atoms. The van der Waals surface area contributed by atoms with E-state index in [-0.39, 0.29) is 0 Å². The maximum Gasteiger partial charge on any atom is 0.164 e. The lowest BCUT2D eigenvalue weighted by molar-refractivity contribution is 0.668. The Kier molecular flexibility index (Phi) is 8.04. The third-order valence-electron chi connectivity index (χ3n) is 14.6. The molecular formula is C65H36N4O3. The van der Waals surface area contributed by atoms with Gasteiger partial charge >= 0.3 is 0 Å². The van der Waals surface area contributed by atoms with Gasteiger partial charge in [0.1, 0.15) is 33.5 Å². The number of fused-ring (bicyclic) bond motifs is 15. The number of hydrogen-bond donors (Lipinski definition) is 0. The van der Waals surface area contributed by atoms with Gasteiger partial charge in [-0.1, -0.05) is 140 Å². The number of hydrogen-bond acceptors (Lipinski definition) is 6. The predicted octanol–water partition coefficient (Wildman–Crippen LogP) is 17.6. The molecule has 0 bridgehead atoms. The van der Waals surface area contributed by atoms with Crippen LogP contribution in [0.2, 0.25) is 0 Å². The number of para-hydroxylation sites is 3. The fourth-order valence-electron chi connectivity index (χ4n) is 11.4. The van der Waals surface area contributed by atoms with Crippen molar-refractivity contribution in [3.05, 3.63) is 218 Å². The van der Waals surface area contributed by atoms with Crippen LogP contribution in [0.15, 0.2) is 232 Å². The first kappa shape index (κ1) is 39.0. The fraction of sp³-hybridized carbons (Fsp3) is 0. The largest absolute Gasteiger partial charge is 0.456 e. The molecule has 0 aliphatic heterocycles. The van der Waals surface area contributed by atoms with Crippen LogP contribution >= 0.6 is 0 Å². The Hall–Kier alpha value is -9.85. The molecule has 0 fully saturated rings. The molecule has 0 aliphatic rings. The molecule has 11 aromatic carbocycles. The summed E-state index contributed by atoms with van der Waals surface area (Å²) in [6, 6.07) is 76.4. The van der Waals surface area contributed by atoms with Gasteiger partial charge < -0.3 is 17.8 Å². The summed E-state index contributed by atoms with van der Waals surface area (Å²) < 4.78 is 21.9. The lowest BCUT2D eigenvalue weighted by atomic mass is 9.98. The van der Waals surface area contributed by atoms with Crippen molar-refractivity contribution in [1.82, 2.24) is 19.5 Å². The van der Waals surface area contributed by atoms with Crippen LogP contribution < -0.4 is 0 Å². The minimum atomic E-state index is 0.529. The van der Waals surface area contributed by atoms with Crippen LogP contribution in [0.1, 0.15) is 0 Å². The Morgan fingerprint density at radius 2 is 0.806 bits per heavy atom. The molecule has 0 saturated carbocycles. The molecule has 5 aromatic heterocycles. The molecule has 16 rings (SSSR count). The molecule has 0 aliphatic carbocycles. The molecule has 0 N–H and O–H groups in total. The van der Waals surface area contributed by atoms with Gasteiger partial charge in [-0.05, 0) is 106 Å². The van der Waals surface area contributed by atoms with Crippen molar-refractivity contribution in [2.45, 2.75) is 0 Å². The van der Waals surface area contributed by atoms with E-state index in [1.54, 1.807) is 0 Å². The number of rotatable bonds is 5. The summed E-state index contributed by atoms with van der Waals surface area (Å²) in [5.41, 5.74) is 12.6. The van der Waals surface area contributed by atoms with Gasteiger partial charge in [0.2, 0.25) is 0 Å². The molecule has 72 heavy (non-hydrogen) atoms. The van der Waals surface area contributed by atoms with E-state index in [1.807, 2.05) is 72.8 Å². The SMILES string of the molecule is c1ccc2cc3c(cc2c1)c1c2ccccc2ccc1n3-c1ccc(-c2nc(-c3cccc4oc5ccccc5c34)nc(-c3cccc4oc5ccccc5c34)n2)cc1-c1ccc2c(c1)oc1ccccc12. The van der Waals surface area contributed by atoms with E-state index in [0.29, 0.717) is 17.5 Å². The van der Waals surface area contributed by atoms with Gasteiger partial charge in [-0.15, -0.1) is 0 Å². The van der Waals surface area contributed by atoms with Crippen molar-refractivity contribution >= 4 is 109 Å². The Labute approximate surface area is 409 Å². The van der Waals surface area contributed by atoms with E-state index < -0.39 is 0 Å². The maximum absolute atomic E-state index is 6.59. The molecule has 334 valence electrons. The average molecular weight is 921 g/mol. The second kappa shape index (κ2) is 14.8. The van der Waals surface area contributed by atoms with Crippen molar-refractivity contribution in [1.29, 1.82) is 0 Å². The molecule has 0 unspecified atom stereocenters. The topological polar surface area (TPSA) is 83.0 Å². The maximum atomic E-state index is 6.59. The second-order valence-electron chi connectivity index (χ2n) is 18.6. The highest BCUT2D eigenvalue weighted by atomic mass is 16.3. The van der Waals surface area contributed by atoms with E-state index in [1.165, 1.54) is 32.3 Å². The molecule has 7 heteroatoms. The standard InChI is InChI=1S/C65H36N4O3/c1-2-15-39-35-53-50(33-38(39)14-1)60-42-16-4-3-13-37(42)28-32-52(60)69(53)51-31-29-41(34-49(51)40-27-30-44-43-17-5-8-22-54(43)72-59(44)36-40)63-66-64(47-20-11-25-57-61(47)45-18-6-9-23-55(45)70-57)68-65(67-63)48-21-12-26-58-62(48)46-19-7-10-24-56(46)71-58/h1-36H. The quantitative estimate of drug-likeness (QED) is 0.171. The van der Waals surface area contributed by atoms with Crippen molar-refractivity contribution in [2.75, 3.05) is 0 Å². The van der Waals surface area contributed by atoms with Crippen molar-refractivity contribution < 1.29 is 13.3 Å². The van der Waals surface area contributed by atoms with E-state index in [4.69, 9.17) is 28.2 Å². The summed E-state index contributed by atoms with van der Waals surface area (Å²) in [7, 11) is 0. The molecule has 0 amide bonds. The third-order valence-corrected chi connectivity index (χ3v) is 14.6. The Morgan fingerprint density at radius 1 is 0.278 bits per heavy atom. The minimum Gasteiger partial charge on any atom is -0.456 e. The smallest absolute Gasteiger partial charge is 0.164 e. The van der Waals surface area contributed by atoms with Crippen molar-refractivity contribution in [3.63, 3.8) is 0 Å². The number of nitrogens with zero attached hydrogens (tertiary/aromatic N) is 4. The van der Waals surface area contributed by atoms with Crippen molar-refractivity contribution in [3.8, 4) is 51.0 Å². The highest BCUT2D eigenvalue weighted by Gasteiger charge is 2.24. The van der Waals surface area contributed by atoms with Gasteiger partial charge in [-0.3, -0.25) is 0 Å². The van der Waals surface area contributed by atoms with Gasteiger partial charge in [-0.25, -0.2) is 15.0 Å². The molecule has 0 radical (unpaired) electrons. The zero-order valence-corrected chi connectivity index (χ0v) is 38.3. The molecule has 16 aromatic rings. The van der Waals surface area contributed by atoms with Gasteiger partial charge in [0.25, 0.3) is 0 Å². The van der Waals surface area contributed by atoms with Crippen molar-refractivity contribution in [2.24, 2.45) is 0 Å². The summed E-state index contributed by atoms with van der Waals surface area (Å²) in [6.07, 6.45) is 0. The molecule has 5 heterocycles. The minimum absolute atomic E-state index is 0.529. The van der Waals surface area contributed by atoms with Crippen LogP contribution in [0.4, 0.5) is 0 Å². The van der Waals surface area contributed by atoms with E-state index >= 15 is 0 Å². The van der Waals surface area contributed by atoms with Crippen LogP contribution in [0.3, 0.4) is 0 Å². The predicted molar refractivity (Wildman–Crippen MR) is 293 cm³/mol. The molecule has 0 saturated heterocycles.